The van der Waals surface area contributed by atoms with Crippen LogP contribution in [0.1, 0.15) is 35.3 Å². The predicted octanol–water partition coefficient (Wildman–Crippen LogP) is 4.09. The van der Waals surface area contributed by atoms with E-state index < -0.39 is 0 Å². The van der Waals surface area contributed by atoms with E-state index >= 15 is 0 Å². The lowest BCUT2D eigenvalue weighted by Gasteiger charge is -2.16. The molecule has 2 aromatic rings. The quantitative estimate of drug-likeness (QED) is 0.804. The first-order valence-corrected chi connectivity index (χ1v) is 9.43. The molecule has 24 heavy (non-hydrogen) atoms. The Balaban J connectivity index is 1.64. The molecule has 2 aromatic carbocycles. The zero-order valence-electron chi connectivity index (χ0n) is 14.2. The van der Waals surface area contributed by atoms with Gasteiger partial charge in [-0.3, -0.25) is 4.79 Å². The van der Waals surface area contributed by atoms with Crippen LogP contribution >= 0.6 is 11.8 Å². The molecule has 1 aliphatic heterocycles. The van der Waals surface area contributed by atoms with Gasteiger partial charge in [0.15, 0.2) is 0 Å². The van der Waals surface area contributed by atoms with Crippen molar-refractivity contribution in [2.24, 2.45) is 0 Å². The summed E-state index contributed by atoms with van der Waals surface area (Å²) < 4.78 is 5.54. The van der Waals surface area contributed by atoms with Crippen LogP contribution in [0, 0.1) is 0 Å². The lowest BCUT2D eigenvalue weighted by atomic mass is 10.0. The first kappa shape index (κ1) is 16.9. The highest BCUT2D eigenvalue weighted by Gasteiger charge is 2.16. The van der Waals surface area contributed by atoms with Gasteiger partial charge < -0.3 is 10.1 Å². The van der Waals surface area contributed by atoms with Gasteiger partial charge in [-0.15, -0.1) is 11.8 Å². The van der Waals surface area contributed by atoms with E-state index in [1.807, 2.05) is 30.3 Å². The monoisotopic (exact) mass is 341 g/mol. The van der Waals surface area contributed by atoms with Crippen molar-refractivity contribution in [3.8, 4) is 5.75 Å². The van der Waals surface area contributed by atoms with Crippen molar-refractivity contribution < 1.29 is 9.53 Å². The second-order valence-corrected chi connectivity index (χ2v) is 7.35. The van der Waals surface area contributed by atoms with E-state index in [0.717, 1.165) is 41.4 Å². The molecule has 1 amide bonds. The minimum Gasteiger partial charge on any atom is -0.493 e. The van der Waals surface area contributed by atoms with Crippen LogP contribution in [-0.2, 0) is 12.8 Å². The van der Waals surface area contributed by atoms with Crippen molar-refractivity contribution in [3.05, 3.63) is 59.2 Å². The number of carbonyl (C=O) groups excluding carboxylic acids is 1. The minimum absolute atomic E-state index is 0.00328. The molecule has 0 aliphatic carbocycles. The zero-order valence-corrected chi connectivity index (χ0v) is 15.0. The van der Waals surface area contributed by atoms with Gasteiger partial charge in [0, 0.05) is 17.4 Å². The fourth-order valence-corrected chi connectivity index (χ4v) is 3.81. The van der Waals surface area contributed by atoms with Crippen LogP contribution in [0.15, 0.2) is 47.4 Å². The molecular weight excluding hydrogens is 318 g/mol. The number of fused-ring (bicyclic) bond motifs is 1. The topological polar surface area (TPSA) is 38.3 Å². The van der Waals surface area contributed by atoms with E-state index in [0.29, 0.717) is 0 Å². The van der Waals surface area contributed by atoms with Gasteiger partial charge in [0.05, 0.1) is 12.2 Å². The highest BCUT2D eigenvalue weighted by Crippen LogP contribution is 2.26. The Morgan fingerprint density at radius 1 is 1.29 bits per heavy atom. The molecule has 1 unspecified atom stereocenters. The zero-order chi connectivity index (χ0) is 16.9. The van der Waals surface area contributed by atoms with Gasteiger partial charge >= 0.3 is 0 Å². The Morgan fingerprint density at radius 2 is 2.12 bits per heavy atom. The second kappa shape index (κ2) is 7.75. The van der Waals surface area contributed by atoms with E-state index in [-0.39, 0.29) is 11.9 Å². The molecule has 1 atom stereocenters. The normalized spacial score (nSPS) is 13.9. The molecule has 3 rings (SSSR count). The average Bonchev–Trinajstić information content (AvgIpc) is 3.03. The second-order valence-electron chi connectivity index (χ2n) is 6.05. The molecule has 0 saturated carbocycles. The van der Waals surface area contributed by atoms with Gasteiger partial charge in [-0.2, -0.15) is 0 Å². The van der Waals surface area contributed by atoms with E-state index in [9.17, 15) is 4.79 Å². The Morgan fingerprint density at radius 3 is 2.96 bits per heavy atom. The van der Waals surface area contributed by atoms with Gasteiger partial charge in [0.2, 0.25) is 0 Å². The van der Waals surface area contributed by atoms with Gasteiger partial charge in [-0.1, -0.05) is 31.2 Å². The number of thioether (sulfide) groups is 1. The number of carbonyl (C=O) groups is 1. The molecule has 0 aromatic heterocycles. The van der Waals surface area contributed by atoms with Gasteiger partial charge in [0.25, 0.3) is 5.91 Å². The van der Waals surface area contributed by atoms with E-state index in [2.05, 4.69) is 31.3 Å². The van der Waals surface area contributed by atoms with Gasteiger partial charge in [-0.25, -0.2) is 0 Å². The van der Waals surface area contributed by atoms with Crippen LogP contribution in [0.3, 0.4) is 0 Å². The number of nitrogens with one attached hydrogen (secondary N) is 1. The number of amides is 1. The van der Waals surface area contributed by atoms with E-state index in [4.69, 9.17) is 4.74 Å². The maximum Gasteiger partial charge on any atom is 0.252 e. The third-order valence-electron chi connectivity index (χ3n) is 4.10. The van der Waals surface area contributed by atoms with Crippen LogP contribution < -0.4 is 10.1 Å². The minimum atomic E-state index is 0.00328. The molecule has 1 N–H and O–H groups in total. The van der Waals surface area contributed by atoms with Crippen LogP contribution in [0.5, 0.6) is 5.75 Å². The maximum absolute atomic E-state index is 12.6. The van der Waals surface area contributed by atoms with Crippen LogP contribution in [-0.4, -0.2) is 24.3 Å². The van der Waals surface area contributed by atoms with Crippen molar-refractivity contribution >= 4 is 17.7 Å². The summed E-state index contributed by atoms with van der Waals surface area (Å²) in [7, 11) is 0. The SMILES string of the molecule is CCSc1ccccc1C(=O)NC(C)Cc1ccc2c(c1)CCO2. The molecule has 1 aliphatic rings. The fourth-order valence-electron chi connectivity index (χ4n) is 3.01. The van der Waals surface area contributed by atoms with E-state index in [1.54, 1.807) is 11.8 Å². The Hall–Kier alpha value is -1.94. The van der Waals surface area contributed by atoms with Crippen molar-refractivity contribution in [2.45, 2.75) is 37.6 Å². The Bertz CT molecular complexity index is 729. The lowest BCUT2D eigenvalue weighted by Crippen LogP contribution is -2.34. The average molecular weight is 341 g/mol. The van der Waals surface area contributed by atoms with Crippen LogP contribution in [0.25, 0.3) is 0 Å². The molecule has 1 heterocycles. The van der Waals surface area contributed by atoms with Crippen molar-refractivity contribution in [2.75, 3.05) is 12.4 Å². The third kappa shape index (κ3) is 3.93. The van der Waals surface area contributed by atoms with Crippen molar-refractivity contribution in [1.82, 2.24) is 5.32 Å². The number of benzene rings is 2. The summed E-state index contributed by atoms with van der Waals surface area (Å²) in [5.74, 6) is 1.96. The smallest absolute Gasteiger partial charge is 0.252 e. The van der Waals surface area contributed by atoms with Crippen molar-refractivity contribution in [1.29, 1.82) is 0 Å². The summed E-state index contributed by atoms with van der Waals surface area (Å²) in [4.78, 5) is 13.6. The van der Waals surface area contributed by atoms with Crippen molar-refractivity contribution in [3.63, 3.8) is 0 Å². The van der Waals surface area contributed by atoms with Crippen LogP contribution in [0.2, 0.25) is 0 Å². The summed E-state index contributed by atoms with van der Waals surface area (Å²) in [5, 5.41) is 3.13. The molecule has 126 valence electrons. The first-order valence-electron chi connectivity index (χ1n) is 8.44. The fraction of sp³-hybridized carbons (Fsp3) is 0.350. The van der Waals surface area contributed by atoms with Crippen LogP contribution in [0.4, 0.5) is 0 Å². The molecule has 3 nitrogen and oxygen atoms in total. The molecule has 0 fully saturated rings. The molecule has 0 spiro atoms. The molecule has 0 saturated heterocycles. The highest BCUT2D eigenvalue weighted by molar-refractivity contribution is 7.99. The Labute approximate surface area is 147 Å². The first-order chi connectivity index (χ1) is 11.7. The summed E-state index contributed by atoms with van der Waals surface area (Å²) >= 11 is 1.70. The van der Waals surface area contributed by atoms with Gasteiger partial charge in [-0.05, 0) is 48.4 Å². The summed E-state index contributed by atoms with van der Waals surface area (Å²) in [6.45, 7) is 4.92. The summed E-state index contributed by atoms with van der Waals surface area (Å²) in [6.07, 6.45) is 1.80. The number of hydrogen-bond donors (Lipinski definition) is 1. The predicted molar refractivity (Wildman–Crippen MR) is 99.1 cm³/mol. The molecule has 0 bridgehead atoms. The maximum atomic E-state index is 12.6. The summed E-state index contributed by atoms with van der Waals surface area (Å²) in [5.41, 5.74) is 3.28. The summed E-state index contributed by atoms with van der Waals surface area (Å²) in [6, 6.07) is 14.2. The third-order valence-corrected chi connectivity index (χ3v) is 5.06. The largest absolute Gasteiger partial charge is 0.493 e. The standard InChI is InChI=1S/C20H23NO2S/c1-3-24-19-7-5-4-6-17(19)20(22)21-14(2)12-15-8-9-18-16(13-15)10-11-23-18/h4-9,13-14H,3,10-12H2,1-2H3,(H,21,22). The highest BCUT2D eigenvalue weighted by atomic mass is 32.2. The van der Waals surface area contributed by atoms with Gasteiger partial charge in [0.1, 0.15) is 5.75 Å². The number of ether oxygens (including phenoxy) is 1. The lowest BCUT2D eigenvalue weighted by molar-refractivity contribution is 0.0937. The number of hydrogen-bond acceptors (Lipinski definition) is 3. The molecule has 4 heteroatoms. The van der Waals surface area contributed by atoms with E-state index in [1.165, 1.54) is 11.1 Å². The number of rotatable bonds is 6. The Kier molecular flexibility index (Phi) is 5.46. The molecule has 0 radical (unpaired) electrons. The molecular formula is C20H23NO2S.